The first-order valence-electron chi connectivity index (χ1n) is 5.38. The predicted octanol–water partition coefficient (Wildman–Crippen LogP) is 1.51. The molecule has 0 unspecified atom stereocenters. The summed E-state index contributed by atoms with van der Waals surface area (Å²) in [6.07, 6.45) is 3.02. The zero-order valence-electron chi connectivity index (χ0n) is 9.14. The molecule has 7 heteroatoms. The summed E-state index contributed by atoms with van der Waals surface area (Å²) in [4.78, 5) is 4.28. The van der Waals surface area contributed by atoms with Crippen LogP contribution in [-0.4, -0.2) is 32.8 Å². The van der Waals surface area contributed by atoms with Crippen LogP contribution in [0, 0.1) is 5.92 Å². The quantitative estimate of drug-likeness (QED) is 0.902. The highest BCUT2D eigenvalue weighted by molar-refractivity contribution is 6.29. The zero-order chi connectivity index (χ0) is 11.0. The van der Waals surface area contributed by atoms with Gasteiger partial charge in [-0.05, 0) is 25.4 Å². The number of fused-ring (bicyclic) bond motifs is 1. The molecule has 0 aliphatic carbocycles. The van der Waals surface area contributed by atoms with Crippen LogP contribution in [0.5, 0.6) is 0 Å². The molecule has 1 atom stereocenters. The number of aromatic nitrogens is 4. The Morgan fingerprint density at radius 1 is 1.47 bits per heavy atom. The van der Waals surface area contributed by atoms with E-state index in [1.165, 1.54) is 6.42 Å². The summed E-state index contributed by atoms with van der Waals surface area (Å²) in [7, 11) is 0. The molecule has 0 spiro atoms. The van der Waals surface area contributed by atoms with E-state index in [0.717, 1.165) is 30.8 Å². The number of halogens is 2. The molecule has 0 amide bonds. The van der Waals surface area contributed by atoms with Gasteiger partial charge in [0.25, 0.3) is 0 Å². The molecule has 5 nitrogen and oxygen atoms in total. The fourth-order valence-corrected chi connectivity index (χ4v) is 2.26. The van der Waals surface area contributed by atoms with E-state index in [-0.39, 0.29) is 12.4 Å². The molecule has 1 aliphatic rings. The molecule has 1 N–H and O–H groups in total. The number of nitrogens with one attached hydrogen (secondary N) is 1. The first-order valence-corrected chi connectivity index (χ1v) is 5.75. The number of nitrogens with zero attached hydrogens (tertiary/aromatic N) is 4. The summed E-state index contributed by atoms with van der Waals surface area (Å²) >= 11 is 5.77. The van der Waals surface area contributed by atoms with Crippen molar-refractivity contribution in [1.82, 2.24) is 25.1 Å². The van der Waals surface area contributed by atoms with Gasteiger partial charge in [0.05, 0.1) is 6.33 Å². The lowest BCUT2D eigenvalue weighted by atomic mass is 10.1. The van der Waals surface area contributed by atoms with Crippen molar-refractivity contribution in [3.05, 3.63) is 17.5 Å². The molecule has 1 aliphatic heterocycles. The lowest BCUT2D eigenvalue weighted by Crippen LogP contribution is -2.14. The molecule has 1 saturated heterocycles. The maximum Gasteiger partial charge on any atom is 0.182 e. The standard InChI is InChI=1S/C10H12ClN5.ClH/c11-9-3-8-10(15-14-9)16(6-13-8)5-7-1-2-12-4-7;/h3,6-7,12H,1-2,4-5H2;1H/t7-;/m0./s1. The van der Waals surface area contributed by atoms with Crippen LogP contribution < -0.4 is 5.32 Å². The van der Waals surface area contributed by atoms with Crippen LogP contribution in [-0.2, 0) is 6.54 Å². The predicted molar refractivity (Wildman–Crippen MR) is 68.6 cm³/mol. The maximum atomic E-state index is 5.77. The van der Waals surface area contributed by atoms with Gasteiger partial charge in [0.2, 0.25) is 0 Å². The van der Waals surface area contributed by atoms with Crippen molar-refractivity contribution in [3.63, 3.8) is 0 Å². The van der Waals surface area contributed by atoms with Gasteiger partial charge in [-0.15, -0.1) is 22.6 Å². The molecule has 0 radical (unpaired) electrons. The summed E-state index contributed by atoms with van der Waals surface area (Å²) < 4.78 is 2.05. The fourth-order valence-electron chi connectivity index (χ4n) is 2.12. The number of hydrogen-bond donors (Lipinski definition) is 1. The second-order valence-electron chi connectivity index (χ2n) is 4.13. The minimum atomic E-state index is 0. The highest BCUT2D eigenvalue weighted by atomic mass is 35.5. The Morgan fingerprint density at radius 2 is 2.35 bits per heavy atom. The molecule has 1 fully saturated rings. The molecule has 2 aromatic heterocycles. The van der Waals surface area contributed by atoms with Crippen LogP contribution in [0.1, 0.15) is 6.42 Å². The summed E-state index contributed by atoms with van der Waals surface area (Å²) in [6.45, 7) is 3.12. The number of hydrogen-bond acceptors (Lipinski definition) is 4. The molecule has 17 heavy (non-hydrogen) atoms. The van der Waals surface area contributed by atoms with Crippen molar-refractivity contribution in [2.75, 3.05) is 13.1 Å². The third-order valence-corrected chi connectivity index (χ3v) is 3.14. The van der Waals surface area contributed by atoms with Crippen LogP contribution in [0.2, 0.25) is 5.15 Å². The van der Waals surface area contributed by atoms with Crippen molar-refractivity contribution in [3.8, 4) is 0 Å². The van der Waals surface area contributed by atoms with Gasteiger partial charge in [0.1, 0.15) is 5.52 Å². The Kier molecular flexibility index (Phi) is 3.81. The zero-order valence-corrected chi connectivity index (χ0v) is 10.7. The molecule has 0 bridgehead atoms. The van der Waals surface area contributed by atoms with Crippen molar-refractivity contribution in [1.29, 1.82) is 0 Å². The van der Waals surface area contributed by atoms with Gasteiger partial charge in [-0.3, -0.25) is 0 Å². The van der Waals surface area contributed by atoms with E-state index in [9.17, 15) is 0 Å². The average Bonchev–Trinajstić information content (AvgIpc) is 2.89. The molecule has 2 aromatic rings. The smallest absolute Gasteiger partial charge is 0.182 e. The van der Waals surface area contributed by atoms with E-state index in [0.29, 0.717) is 11.1 Å². The van der Waals surface area contributed by atoms with Gasteiger partial charge in [-0.1, -0.05) is 11.6 Å². The number of imidazole rings is 1. The van der Waals surface area contributed by atoms with Gasteiger partial charge >= 0.3 is 0 Å². The highest BCUT2D eigenvalue weighted by Gasteiger charge is 2.16. The Labute approximate surface area is 110 Å². The minimum absolute atomic E-state index is 0. The summed E-state index contributed by atoms with van der Waals surface area (Å²) in [5, 5.41) is 11.7. The minimum Gasteiger partial charge on any atom is -0.316 e. The Hall–Kier alpha value is -0.910. The molecule has 3 heterocycles. The Morgan fingerprint density at radius 3 is 3.12 bits per heavy atom. The molecule has 3 rings (SSSR count). The van der Waals surface area contributed by atoms with Crippen LogP contribution in [0.3, 0.4) is 0 Å². The topological polar surface area (TPSA) is 55.6 Å². The first kappa shape index (κ1) is 12.5. The second-order valence-corrected chi connectivity index (χ2v) is 4.52. The van der Waals surface area contributed by atoms with E-state index in [1.807, 2.05) is 6.33 Å². The highest BCUT2D eigenvalue weighted by Crippen LogP contribution is 2.16. The molecular weight excluding hydrogens is 261 g/mol. The van der Waals surface area contributed by atoms with Crippen molar-refractivity contribution in [2.45, 2.75) is 13.0 Å². The molecular formula is C10H13Cl2N5. The Balaban J connectivity index is 0.00000108. The maximum absolute atomic E-state index is 5.77. The summed E-state index contributed by atoms with van der Waals surface area (Å²) in [6, 6.07) is 1.74. The monoisotopic (exact) mass is 273 g/mol. The van der Waals surface area contributed by atoms with Crippen LogP contribution in [0.15, 0.2) is 12.4 Å². The third kappa shape index (κ3) is 2.51. The molecule has 92 valence electrons. The van der Waals surface area contributed by atoms with E-state index in [4.69, 9.17) is 11.6 Å². The van der Waals surface area contributed by atoms with Crippen molar-refractivity contribution >= 4 is 35.2 Å². The third-order valence-electron chi connectivity index (χ3n) is 2.95. The normalized spacial score (nSPS) is 19.5. The van der Waals surface area contributed by atoms with E-state index < -0.39 is 0 Å². The van der Waals surface area contributed by atoms with Gasteiger partial charge in [0, 0.05) is 12.6 Å². The summed E-state index contributed by atoms with van der Waals surface area (Å²) in [5.41, 5.74) is 1.63. The second kappa shape index (κ2) is 5.16. The Bertz CT molecular complexity index is 506. The number of rotatable bonds is 2. The van der Waals surface area contributed by atoms with Crippen LogP contribution in [0.4, 0.5) is 0 Å². The van der Waals surface area contributed by atoms with Crippen molar-refractivity contribution < 1.29 is 0 Å². The fraction of sp³-hybridized carbons (Fsp3) is 0.500. The SMILES string of the molecule is Cl.Clc1cc2ncn(C[C@H]3CCNC3)c2nn1. The van der Waals surface area contributed by atoms with Gasteiger partial charge in [-0.25, -0.2) is 4.98 Å². The summed E-state index contributed by atoms with van der Waals surface area (Å²) in [5.74, 6) is 0.662. The first-order chi connectivity index (χ1) is 7.83. The molecule has 0 saturated carbocycles. The van der Waals surface area contributed by atoms with E-state index in [1.54, 1.807) is 6.07 Å². The lowest BCUT2D eigenvalue weighted by Gasteiger charge is -2.08. The van der Waals surface area contributed by atoms with Gasteiger partial charge < -0.3 is 9.88 Å². The van der Waals surface area contributed by atoms with Crippen LogP contribution in [0.25, 0.3) is 11.2 Å². The largest absolute Gasteiger partial charge is 0.316 e. The average molecular weight is 274 g/mol. The molecule has 0 aromatic carbocycles. The van der Waals surface area contributed by atoms with Crippen LogP contribution >= 0.6 is 24.0 Å². The van der Waals surface area contributed by atoms with Gasteiger partial charge in [-0.2, -0.15) is 0 Å². The van der Waals surface area contributed by atoms with Gasteiger partial charge in [0.15, 0.2) is 10.8 Å². The van der Waals surface area contributed by atoms with E-state index in [2.05, 4.69) is 25.1 Å². The van der Waals surface area contributed by atoms with E-state index >= 15 is 0 Å². The lowest BCUT2D eigenvalue weighted by molar-refractivity contribution is 0.487. The van der Waals surface area contributed by atoms with Crippen molar-refractivity contribution in [2.24, 2.45) is 5.92 Å².